The van der Waals surface area contributed by atoms with Crippen molar-refractivity contribution in [2.24, 2.45) is 0 Å². The Kier molecular flexibility index (Phi) is 2.63. The predicted molar refractivity (Wildman–Crippen MR) is 48.3 cm³/mol. The van der Waals surface area contributed by atoms with Crippen molar-refractivity contribution in [3.63, 3.8) is 0 Å². The number of nitrogens with zero attached hydrogens (tertiary/aromatic N) is 2. The second-order valence-electron chi connectivity index (χ2n) is 2.21. The largest absolute Gasteiger partial charge is 0.198 e. The maximum atomic E-state index is 8.53. The maximum Gasteiger partial charge on any atom is 0.110 e. The summed E-state index contributed by atoms with van der Waals surface area (Å²) in [4.78, 5) is 1.58. The zero-order chi connectivity index (χ0) is 8.97. The van der Waals surface area contributed by atoms with E-state index >= 15 is 0 Å². The number of thiophene rings is 1. The molecule has 3 heteroatoms. The number of rotatable bonds is 2. The number of hydrogen-bond donors (Lipinski definition) is 0. The van der Waals surface area contributed by atoms with Gasteiger partial charge >= 0.3 is 0 Å². The van der Waals surface area contributed by atoms with Gasteiger partial charge in [-0.1, -0.05) is 6.58 Å². The number of nitriles is 2. The van der Waals surface area contributed by atoms with Gasteiger partial charge < -0.3 is 0 Å². The third kappa shape index (κ3) is 1.72. The summed E-state index contributed by atoms with van der Waals surface area (Å²) in [5, 5.41) is 16.9. The van der Waals surface area contributed by atoms with Gasteiger partial charge in [-0.2, -0.15) is 10.5 Å². The van der Waals surface area contributed by atoms with E-state index in [0.717, 1.165) is 10.5 Å². The van der Waals surface area contributed by atoms with Crippen LogP contribution in [0.3, 0.4) is 0 Å². The molecular weight excluding hydrogens is 168 g/mol. The van der Waals surface area contributed by atoms with Crippen molar-refractivity contribution in [3.8, 4) is 12.1 Å². The average molecular weight is 174 g/mol. The van der Waals surface area contributed by atoms with Crippen molar-refractivity contribution >= 4 is 16.9 Å². The van der Waals surface area contributed by atoms with E-state index in [-0.39, 0.29) is 0 Å². The highest BCUT2D eigenvalue weighted by Gasteiger charge is 2.01. The summed E-state index contributed by atoms with van der Waals surface area (Å²) in [6, 6.07) is 7.62. The van der Waals surface area contributed by atoms with Crippen LogP contribution in [0.5, 0.6) is 0 Å². The van der Waals surface area contributed by atoms with Crippen LogP contribution in [-0.2, 0) is 0 Å². The quantitative estimate of drug-likeness (QED) is 0.691. The summed E-state index contributed by atoms with van der Waals surface area (Å²) in [6.07, 6.45) is 0.325. The van der Waals surface area contributed by atoms with E-state index in [0.29, 0.717) is 11.3 Å². The Hall–Kier alpha value is -1.58. The van der Waals surface area contributed by atoms with Gasteiger partial charge in [0, 0.05) is 4.88 Å². The fraction of sp³-hybridized carbons (Fsp3) is 0.111. The smallest absolute Gasteiger partial charge is 0.110 e. The van der Waals surface area contributed by atoms with Crippen LogP contribution in [0, 0.1) is 22.7 Å². The minimum absolute atomic E-state index is 0.325. The maximum absolute atomic E-state index is 8.53. The molecule has 1 aromatic rings. The van der Waals surface area contributed by atoms with Crippen molar-refractivity contribution in [2.75, 3.05) is 0 Å². The van der Waals surface area contributed by atoms with E-state index in [2.05, 4.69) is 6.58 Å². The monoisotopic (exact) mass is 174 g/mol. The van der Waals surface area contributed by atoms with Crippen LogP contribution in [0.1, 0.15) is 16.2 Å². The Morgan fingerprint density at radius 1 is 1.50 bits per heavy atom. The highest BCUT2D eigenvalue weighted by Crippen LogP contribution is 2.24. The molecule has 0 atom stereocenters. The molecule has 12 heavy (non-hydrogen) atoms. The molecule has 1 aromatic heterocycles. The van der Waals surface area contributed by atoms with Crippen LogP contribution in [0.25, 0.3) is 5.57 Å². The van der Waals surface area contributed by atoms with E-state index in [1.807, 2.05) is 18.2 Å². The van der Waals surface area contributed by atoms with Crippen molar-refractivity contribution in [3.05, 3.63) is 28.5 Å². The van der Waals surface area contributed by atoms with E-state index in [1.54, 1.807) is 6.07 Å². The highest BCUT2D eigenvalue weighted by atomic mass is 32.1. The molecule has 2 nitrogen and oxygen atoms in total. The van der Waals surface area contributed by atoms with Gasteiger partial charge in [0.15, 0.2) is 0 Å². The third-order valence-electron chi connectivity index (χ3n) is 1.36. The molecule has 0 aliphatic carbocycles. The van der Waals surface area contributed by atoms with Gasteiger partial charge in [-0.25, -0.2) is 0 Å². The SMILES string of the molecule is C=C(CC#N)c1ccc(C#N)s1. The molecule has 0 saturated heterocycles. The van der Waals surface area contributed by atoms with Gasteiger partial charge in [-0.05, 0) is 17.7 Å². The highest BCUT2D eigenvalue weighted by molar-refractivity contribution is 7.13. The van der Waals surface area contributed by atoms with E-state index < -0.39 is 0 Å². The van der Waals surface area contributed by atoms with Crippen molar-refractivity contribution in [1.82, 2.24) is 0 Å². The van der Waals surface area contributed by atoms with Gasteiger partial charge in [0.05, 0.1) is 12.5 Å². The predicted octanol–water partition coefficient (Wildman–Crippen LogP) is 2.55. The van der Waals surface area contributed by atoms with Gasteiger partial charge in [-0.15, -0.1) is 11.3 Å². The van der Waals surface area contributed by atoms with Gasteiger partial charge in [0.25, 0.3) is 0 Å². The second-order valence-corrected chi connectivity index (χ2v) is 3.30. The van der Waals surface area contributed by atoms with Crippen LogP contribution < -0.4 is 0 Å². The molecular formula is C9H6N2S. The van der Waals surface area contributed by atoms with Crippen LogP contribution in [0.4, 0.5) is 0 Å². The van der Waals surface area contributed by atoms with Crippen LogP contribution in [0.15, 0.2) is 18.7 Å². The zero-order valence-corrected chi connectivity index (χ0v) is 7.19. The average Bonchev–Trinajstić information content (AvgIpc) is 2.52. The molecule has 58 valence electrons. The fourth-order valence-corrected chi connectivity index (χ4v) is 1.54. The molecule has 0 bridgehead atoms. The molecule has 0 fully saturated rings. The lowest BCUT2D eigenvalue weighted by Crippen LogP contribution is -1.72. The van der Waals surface area contributed by atoms with E-state index in [4.69, 9.17) is 10.5 Å². The van der Waals surface area contributed by atoms with Crippen molar-refractivity contribution < 1.29 is 0 Å². The Balaban J connectivity index is 2.85. The van der Waals surface area contributed by atoms with Gasteiger partial charge in [-0.3, -0.25) is 0 Å². The molecule has 0 saturated carbocycles. The summed E-state index contributed by atoms with van der Waals surface area (Å²) in [5.41, 5.74) is 0.781. The molecule has 0 aliphatic rings. The lowest BCUT2D eigenvalue weighted by atomic mass is 10.2. The summed E-state index contributed by atoms with van der Waals surface area (Å²) in [7, 11) is 0. The van der Waals surface area contributed by atoms with Crippen molar-refractivity contribution in [2.45, 2.75) is 6.42 Å². The minimum Gasteiger partial charge on any atom is -0.198 e. The molecule has 0 spiro atoms. The molecule has 0 unspecified atom stereocenters. The molecule has 0 aliphatic heterocycles. The fourth-order valence-electron chi connectivity index (χ4n) is 0.771. The molecule has 0 radical (unpaired) electrons. The lowest BCUT2D eigenvalue weighted by molar-refractivity contribution is 1.38. The zero-order valence-electron chi connectivity index (χ0n) is 6.37. The lowest BCUT2D eigenvalue weighted by Gasteiger charge is -1.92. The molecule has 0 N–H and O–H groups in total. The first-order valence-electron chi connectivity index (χ1n) is 3.33. The third-order valence-corrected chi connectivity index (χ3v) is 2.45. The summed E-state index contributed by atoms with van der Waals surface area (Å²) < 4.78 is 0. The van der Waals surface area contributed by atoms with E-state index in [9.17, 15) is 0 Å². The molecule has 1 rings (SSSR count). The molecule has 1 heterocycles. The Morgan fingerprint density at radius 3 is 2.75 bits per heavy atom. The van der Waals surface area contributed by atoms with Crippen LogP contribution in [0.2, 0.25) is 0 Å². The molecule has 0 amide bonds. The van der Waals surface area contributed by atoms with Crippen LogP contribution in [-0.4, -0.2) is 0 Å². The Bertz CT molecular complexity index is 376. The first-order valence-corrected chi connectivity index (χ1v) is 4.14. The molecule has 0 aromatic carbocycles. The number of hydrogen-bond acceptors (Lipinski definition) is 3. The topological polar surface area (TPSA) is 47.6 Å². The summed E-state index contributed by atoms with van der Waals surface area (Å²) in [6.45, 7) is 3.74. The number of allylic oxidation sites excluding steroid dienone is 1. The van der Waals surface area contributed by atoms with Crippen molar-refractivity contribution in [1.29, 1.82) is 10.5 Å². The second kappa shape index (κ2) is 3.71. The Labute approximate surface area is 75.0 Å². The van der Waals surface area contributed by atoms with Gasteiger partial charge in [0.2, 0.25) is 0 Å². The first-order chi connectivity index (χ1) is 5.77. The standard InChI is InChI=1S/C9H6N2S/c1-7(4-5-10)9-3-2-8(6-11)12-9/h2-3H,1,4H2. The van der Waals surface area contributed by atoms with E-state index in [1.165, 1.54) is 11.3 Å². The normalized spacial score (nSPS) is 8.50. The Morgan fingerprint density at radius 2 is 2.25 bits per heavy atom. The minimum atomic E-state index is 0.325. The summed E-state index contributed by atoms with van der Waals surface area (Å²) >= 11 is 1.37. The summed E-state index contributed by atoms with van der Waals surface area (Å²) in [5.74, 6) is 0. The van der Waals surface area contributed by atoms with Gasteiger partial charge in [0.1, 0.15) is 10.9 Å². The first kappa shape index (κ1) is 8.52. The van der Waals surface area contributed by atoms with Crippen LogP contribution >= 0.6 is 11.3 Å².